The highest BCUT2D eigenvalue weighted by Crippen LogP contribution is 2.17. The van der Waals surface area contributed by atoms with Crippen molar-refractivity contribution in [3.05, 3.63) is 46.4 Å². The second-order valence-corrected chi connectivity index (χ2v) is 5.28. The first-order chi connectivity index (χ1) is 11.0. The van der Waals surface area contributed by atoms with E-state index in [1.807, 2.05) is 31.2 Å². The molecule has 7 nitrogen and oxygen atoms in total. The molecule has 0 atom stereocenters. The van der Waals surface area contributed by atoms with Crippen LogP contribution in [-0.2, 0) is 14.3 Å². The second-order valence-electron chi connectivity index (χ2n) is 4.90. The van der Waals surface area contributed by atoms with Gasteiger partial charge in [-0.2, -0.15) is 14.9 Å². The number of carbonyl (C=O) groups is 2. The maximum Gasteiger partial charge on any atom is 0.240 e. The first kappa shape index (κ1) is 15.0. The van der Waals surface area contributed by atoms with E-state index in [1.54, 1.807) is 0 Å². The second kappa shape index (κ2) is 6.09. The number of carbonyl (C=O) groups excluding carboxylic acids is 2. The van der Waals surface area contributed by atoms with Crippen molar-refractivity contribution < 1.29 is 14.3 Å². The molecule has 0 fully saturated rings. The first-order valence-electron chi connectivity index (χ1n) is 6.75. The summed E-state index contributed by atoms with van der Waals surface area (Å²) in [6.07, 6.45) is 2.43. The van der Waals surface area contributed by atoms with Crippen molar-refractivity contribution >= 4 is 30.0 Å². The SMILES string of the molecule is Cc1ccc(-c2n[nH]c(=S)n2/N=C/C2=CC(=O)C(=O)CO2)cc1. The van der Waals surface area contributed by atoms with E-state index in [4.69, 9.17) is 17.0 Å². The van der Waals surface area contributed by atoms with Crippen molar-refractivity contribution in [2.75, 3.05) is 6.61 Å². The van der Waals surface area contributed by atoms with Crippen molar-refractivity contribution in [1.29, 1.82) is 0 Å². The van der Waals surface area contributed by atoms with Gasteiger partial charge in [0.1, 0.15) is 5.76 Å². The van der Waals surface area contributed by atoms with Crippen molar-refractivity contribution in [2.45, 2.75) is 6.92 Å². The number of aromatic amines is 1. The molecule has 1 aliphatic heterocycles. The van der Waals surface area contributed by atoms with Crippen LogP contribution in [0.5, 0.6) is 0 Å². The third-order valence-corrected chi connectivity index (χ3v) is 3.44. The molecule has 0 unspecified atom stereocenters. The number of hydrogen-bond donors (Lipinski definition) is 1. The molecular formula is C15H12N4O3S. The minimum atomic E-state index is -0.604. The van der Waals surface area contributed by atoms with Crippen LogP contribution in [0.3, 0.4) is 0 Å². The number of aromatic nitrogens is 3. The Balaban J connectivity index is 1.93. The molecule has 3 rings (SSSR count). The minimum absolute atomic E-state index is 0.201. The predicted molar refractivity (Wildman–Crippen MR) is 85.5 cm³/mol. The van der Waals surface area contributed by atoms with Crippen LogP contribution in [0.4, 0.5) is 0 Å². The summed E-state index contributed by atoms with van der Waals surface area (Å²) in [6.45, 7) is 1.71. The topological polar surface area (TPSA) is 89.3 Å². The van der Waals surface area contributed by atoms with Crippen molar-refractivity contribution in [3.63, 3.8) is 0 Å². The Kier molecular flexibility index (Phi) is 3.98. The highest BCUT2D eigenvalue weighted by Gasteiger charge is 2.19. The van der Waals surface area contributed by atoms with E-state index in [-0.39, 0.29) is 12.4 Å². The zero-order chi connectivity index (χ0) is 16.4. The number of ether oxygens (including phenoxy) is 1. The van der Waals surface area contributed by atoms with E-state index in [0.29, 0.717) is 10.6 Å². The van der Waals surface area contributed by atoms with Crippen LogP contribution in [0.15, 0.2) is 41.2 Å². The first-order valence-corrected chi connectivity index (χ1v) is 7.16. The molecule has 23 heavy (non-hydrogen) atoms. The van der Waals surface area contributed by atoms with Gasteiger partial charge in [0.2, 0.25) is 16.3 Å². The van der Waals surface area contributed by atoms with Crippen LogP contribution in [0, 0.1) is 11.7 Å². The molecule has 1 aromatic heterocycles. The number of hydrogen-bond acceptors (Lipinski definition) is 6. The minimum Gasteiger partial charge on any atom is -0.483 e. The summed E-state index contributed by atoms with van der Waals surface area (Å²) in [5, 5.41) is 11.0. The molecule has 116 valence electrons. The van der Waals surface area contributed by atoms with E-state index in [0.717, 1.165) is 17.2 Å². The molecule has 0 spiro atoms. The molecular weight excluding hydrogens is 316 g/mol. The Labute approximate surface area is 136 Å². The summed E-state index contributed by atoms with van der Waals surface area (Å²) in [5.74, 6) is -0.452. The molecule has 1 N–H and O–H groups in total. The molecule has 8 heteroatoms. The average Bonchev–Trinajstić information content (AvgIpc) is 2.90. The third kappa shape index (κ3) is 3.16. The maximum absolute atomic E-state index is 11.3. The van der Waals surface area contributed by atoms with Crippen LogP contribution in [0.2, 0.25) is 0 Å². The molecule has 0 aliphatic carbocycles. The quantitative estimate of drug-likeness (QED) is 0.527. The van der Waals surface area contributed by atoms with Crippen LogP contribution < -0.4 is 0 Å². The summed E-state index contributed by atoms with van der Waals surface area (Å²) in [6, 6.07) is 7.73. The normalized spacial score (nSPS) is 14.9. The van der Waals surface area contributed by atoms with E-state index in [1.165, 1.54) is 10.9 Å². The molecule has 0 saturated heterocycles. The fraction of sp³-hybridized carbons (Fsp3) is 0.133. The van der Waals surface area contributed by atoms with Gasteiger partial charge in [-0.05, 0) is 19.1 Å². The lowest BCUT2D eigenvalue weighted by atomic mass is 10.1. The Bertz CT molecular complexity index is 890. The zero-order valence-electron chi connectivity index (χ0n) is 12.1. The Morgan fingerprint density at radius 3 is 2.78 bits per heavy atom. The van der Waals surface area contributed by atoms with Crippen LogP contribution in [0.1, 0.15) is 5.56 Å². The third-order valence-electron chi connectivity index (χ3n) is 3.18. The van der Waals surface area contributed by atoms with E-state index in [2.05, 4.69) is 15.3 Å². The Morgan fingerprint density at radius 2 is 2.09 bits per heavy atom. The maximum atomic E-state index is 11.3. The van der Waals surface area contributed by atoms with Crippen molar-refractivity contribution in [3.8, 4) is 11.4 Å². The number of aryl methyl sites for hydroxylation is 1. The number of benzene rings is 1. The largest absolute Gasteiger partial charge is 0.483 e. The average molecular weight is 328 g/mol. The fourth-order valence-corrected chi connectivity index (χ4v) is 2.13. The van der Waals surface area contributed by atoms with Crippen LogP contribution in [0.25, 0.3) is 11.4 Å². The van der Waals surface area contributed by atoms with E-state index < -0.39 is 11.6 Å². The van der Waals surface area contributed by atoms with Gasteiger partial charge in [0.05, 0.1) is 6.21 Å². The van der Waals surface area contributed by atoms with E-state index >= 15 is 0 Å². The fourth-order valence-electron chi connectivity index (χ4n) is 1.95. The molecule has 0 saturated carbocycles. The summed E-state index contributed by atoms with van der Waals surface area (Å²) in [4.78, 5) is 22.4. The number of nitrogens with zero attached hydrogens (tertiary/aromatic N) is 3. The van der Waals surface area contributed by atoms with Crippen LogP contribution >= 0.6 is 12.2 Å². The number of nitrogens with one attached hydrogen (secondary N) is 1. The summed E-state index contributed by atoms with van der Waals surface area (Å²) >= 11 is 5.16. The lowest BCUT2D eigenvalue weighted by Crippen LogP contribution is -2.23. The standard InChI is InChI=1S/C15H12N4O3S/c1-9-2-4-10(5-3-9)14-17-18-15(23)19(14)16-7-11-6-12(20)13(21)8-22-11/h2-7H,8H2,1H3,(H,18,23)/b16-7+. The molecule has 1 aromatic carbocycles. The molecule has 0 amide bonds. The lowest BCUT2D eigenvalue weighted by Gasteiger charge is -2.09. The number of Topliss-reactive ketones (excluding diaryl/α,β-unsaturated/α-hetero) is 1. The highest BCUT2D eigenvalue weighted by molar-refractivity contribution is 7.71. The number of allylic oxidation sites excluding steroid dienone is 2. The molecule has 0 radical (unpaired) electrons. The van der Waals surface area contributed by atoms with Gasteiger partial charge in [0, 0.05) is 11.6 Å². The van der Waals surface area contributed by atoms with E-state index in [9.17, 15) is 9.59 Å². The number of H-pyrrole nitrogens is 1. The Morgan fingerprint density at radius 1 is 1.35 bits per heavy atom. The van der Waals surface area contributed by atoms with Gasteiger partial charge in [-0.3, -0.25) is 9.59 Å². The number of ketones is 2. The molecule has 1 aliphatic rings. The summed E-state index contributed by atoms with van der Waals surface area (Å²) in [5.41, 5.74) is 1.96. The van der Waals surface area contributed by atoms with Crippen molar-refractivity contribution in [1.82, 2.24) is 14.9 Å². The van der Waals surface area contributed by atoms with Crippen LogP contribution in [-0.4, -0.2) is 39.3 Å². The number of rotatable bonds is 3. The molecule has 2 aromatic rings. The monoisotopic (exact) mass is 328 g/mol. The molecule has 2 heterocycles. The van der Waals surface area contributed by atoms with Gasteiger partial charge in [-0.1, -0.05) is 29.8 Å². The summed E-state index contributed by atoms with van der Waals surface area (Å²) in [7, 11) is 0. The van der Waals surface area contributed by atoms with Gasteiger partial charge in [-0.25, -0.2) is 5.10 Å². The van der Waals surface area contributed by atoms with Gasteiger partial charge in [0.15, 0.2) is 12.4 Å². The van der Waals surface area contributed by atoms with Gasteiger partial charge >= 0.3 is 0 Å². The van der Waals surface area contributed by atoms with Crippen molar-refractivity contribution in [2.24, 2.45) is 5.10 Å². The smallest absolute Gasteiger partial charge is 0.240 e. The summed E-state index contributed by atoms with van der Waals surface area (Å²) < 4.78 is 6.85. The van der Waals surface area contributed by atoms with Gasteiger partial charge in [0.25, 0.3) is 0 Å². The highest BCUT2D eigenvalue weighted by atomic mass is 32.1. The molecule has 0 bridgehead atoms. The predicted octanol–water partition coefficient (Wildman–Crippen LogP) is 1.80. The zero-order valence-corrected chi connectivity index (χ0v) is 13.0. The van der Waals surface area contributed by atoms with Gasteiger partial charge in [-0.15, -0.1) is 0 Å². The Hall–Kier alpha value is -2.87. The van der Waals surface area contributed by atoms with Gasteiger partial charge < -0.3 is 4.74 Å². The lowest BCUT2D eigenvalue weighted by molar-refractivity contribution is -0.137.